The number of anilines is 1. The van der Waals surface area contributed by atoms with Crippen molar-refractivity contribution in [2.75, 3.05) is 11.4 Å². The van der Waals surface area contributed by atoms with Gasteiger partial charge in [0.2, 0.25) is 5.91 Å². The number of hydrogen-bond acceptors (Lipinski definition) is 7. The minimum atomic E-state index is -0.725. The number of non-ortho nitro benzene ring substituents is 1. The summed E-state index contributed by atoms with van der Waals surface area (Å²) in [5, 5.41) is 13.9. The molecule has 0 atom stereocenters. The molecule has 1 aliphatic rings. The van der Waals surface area contributed by atoms with Gasteiger partial charge in [0.15, 0.2) is 5.58 Å². The van der Waals surface area contributed by atoms with Crippen LogP contribution >= 0.6 is 11.3 Å². The maximum absolute atomic E-state index is 13.0. The second kappa shape index (κ2) is 7.17. The van der Waals surface area contributed by atoms with Crippen LogP contribution in [0, 0.1) is 17.0 Å². The number of carbonyl (C=O) groups is 1. The first-order valence-electron chi connectivity index (χ1n) is 9.54. The summed E-state index contributed by atoms with van der Waals surface area (Å²) in [4.78, 5) is 41.8. The Hall–Kier alpha value is -3.79. The number of nitro groups is 1. The van der Waals surface area contributed by atoms with Gasteiger partial charge < -0.3 is 9.32 Å². The van der Waals surface area contributed by atoms with Gasteiger partial charge in [-0.1, -0.05) is 6.07 Å². The minimum absolute atomic E-state index is 0.0806. The van der Waals surface area contributed by atoms with Gasteiger partial charge in [-0.15, -0.1) is 11.3 Å². The highest BCUT2D eigenvalue weighted by atomic mass is 32.1. The molecule has 5 rings (SSSR count). The molecule has 0 radical (unpaired) electrons. The molecule has 9 nitrogen and oxygen atoms in total. The van der Waals surface area contributed by atoms with Gasteiger partial charge in [-0.05, 0) is 37.1 Å². The maximum atomic E-state index is 13.0. The first kappa shape index (κ1) is 19.2. The van der Waals surface area contributed by atoms with Gasteiger partial charge in [-0.2, -0.15) is 0 Å². The van der Waals surface area contributed by atoms with E-state index in [0.29, 0.717) is 18.5 Å². The van der Waals surface area contributed by atoms with Crippen molar-refractivity contribution in [3.63, 3.8) is 0 Å². The van der Waals surface area contributed by atoms with Crippen LogP contribution in [-0.2, 0) is 17.8 Å². The largest absolute Gasteiger partial charge is 0.420 e. The molecule has 156 valence electrons. The molecule has 0 N–H and O–H groups in total. The van der Waals surface area contributed by atoms with Crippen LogP contribution in [0.15, 0.2) is 51.0 Å². The fourth-order valence-corrected chi connectivity index (χ4v) is 4.48. The van der Waals surface area contributed by atoms with Gasteiger partial charge in [0, 0.05) is 29.2 Å². The highest BCUT2D eigenvalue weighted by Crippen LogP contribution is 2.33. The molecule has 0 bridgehead atoms. The fourth-order valence-electron chi connectivity index (χ4n) is 3.86. The number of benzene rings is 2. The number of nitro benzene ring substituents is 1. The van der Waals surface area contributed by atoms with E-state index in [1.807, 2.05) is 24.4 Å². The highest BCUT2D eigenvalue weighted by molar-refractivity contribution is 7.09. The van der Waals surface area contributed by atoms with Crippen LogP contribution in [0.5, 0.6) is 0 Å². The zero-order valence-electron chi connectivity index (χ0n) is 16.4. The molecule has 0 unspecified atom stereocenters. The number of hydrogen-bond donors (Lipinski definition) is 0. The predicted molar refractivity (Wildman–Crippen MR) is 115 cm³/mol. The van der Waals surface area contributed by atoms with E-state index in [-0.39, 0.29) is 23.7 Å². The van der Waals surface area contributed by atoms with Crippen LogP contribution in [0.1, 0.15) is 10.6 Å². The number of amides is 1. The Morgan fingerprint density at radius 1 is 1.29 bits per heavy atom. The second-order valence-corrected chi connectivity index (χ2v) is 8.32. The third-order valence-electron chi connectivity index (χ3n) is 5.35. The molecule has 10 heteroatoms. The maximum Gasteiger partial charge on any atom is 0.420 e. The molecule has 1 amide bonds. The molecule has 0 spiro atoms. The first-order valence-corrected chi connectivity index (χ1v) is 10.4. The van der Waals surface area contributed by atoms with E-state index in [9.17, 15) is 19.7 Å². The highest BCUT2D eigenvalue weighted by Gasteiger charge is 2.26. The molecule has 31 heavy (non-hydrogen) atoms. The topological polar surface area (TPSA) is 111 Å². The number of rotatable bonds is 4. The normalized spacial score (nSPS) is 13.0. The van der Waals surface area contributed by atoms with Crippen LogP contribution in [0.25, 0.3) is 22.4 Å². The third kappa shape index (κ3) is 3.30. The molecule has 0 saturated carbocycles. The summed E-state index contributed by atoms with van der Waals surface area (Å²) in [6.45, 7) is 2.27. The van der Waals surface area contributed by atoms with Crippen molar-refractivity contribution in [1.82, 2.24) is 9.55 Å². The molecule has 0 aliphatic carbocycles. The second-order valence-electron chi connectivity index (χ2n) is 7.25. The van der Waals surface area contributed by atoms with Crippen molar-refractivity contribution >= 4 is 39.7 Å². The van der Waals surface area contributed by atoms with Gasteiger partial charge in [0.25, 0.3) is 5.69 Å². The zero-order chi connectivity index (χ0) is 21.7. The van der Waals surface area contributed by atoms with Gasteiger partial charge >= 0.3 is 5.76 Å². The van der Waals surface area contributed by atoms with E-state index in [4.69, 9.17) is 4.42 Å². The van der Waals surface area contributed by atoms with Gasteiger partial charge in [-0.3, -0.25) is 19.5 Å². The van der Waals surface area contributed by atoms with Gasteiger partial charge in [0.05, 0.1) is 27.2 Å². The lowest BCUT2D eigenvalue weighted by molar-refractivity contribution is -0.384. The smallest absolute Gasteiger partial charge is 0.407 e. The van der Waals surface area contributed by atoms with Crippen molar-refractivity contribution in [1.29, 1.82) is 0 Å². The van der Waals surface area contributed by atoms with Crippen molar-refractivity contribution in [2.45, 2.75) is 19.9 Å². The predicted octanol–water partition coefficient (Wildman–Crippen LogP) is 3.52. The molecule has 0 saturated heterocycles. The van der Waals surface area contributed by atoms with Gasteiger partial charge in [-0.25, -0.2) is 9.78 Å². The fraction of sp³-hybridized carbons (Fsp3) is 0.190. The SMILES string of the molecule is Cc1nc(-c2ccc3c(c2)CCN3C(=O)Cn2c(=O)oc3cc([N+](=O)[O-])ccc32)cs1. The number of aryl methyl sites for hydroxylation is 1. The Balaban J connectivity index is 1.42. The summed E-state index contributed by atoms with van der Waals surface area (Å²) in [6.07, 6.45) is 0.714. The minimum Gasteiger partial charge on any atom is -0.407 e. The monoisotopic (exact) mass is 436 g/mol. The van der Waals surface area contributed by atoms with Crippen molar-refractivity contribution < 1.29 is 14.1 Å². The van der Waals surface area contributed by atoms with Crippen molar-refractivity contribution in [2.24, 2.45) is 0 Å². The Kier molecular flexibility index (Phi) is 4.44. The zero-order valence-corrected chi connectivity index (χ0v) is 17.2. The number of oxazole rings is 1. The lowest BCUT2D eigenvalue weighted by atomic mass is 10.1. The molecule has 3 heterocycles. The lowest BCUT2D eigenvalue weighted by Crippen LogP contribution is -2.34. The van der Waals surface area contributed by atoms with E-state index in [0.717, 1.165) is 27.5 Å². The van der Waals surface area contributed by atoms with E-state index < -0.39 is 10.7 Å². The van der Waals surface area contributed by atoms with Crippen LogP contribution < -0.4 is 10.7 Å². The summed E-state index contributed by atoms with van der Waals surface area (Å²) in [6, 6.07) is 9.79. The van der Waals surface area contributed by atoms with Crippen LogP contribution in [0.2, 0.25) is 0 Å². The lowest BCUT2D eigenvalue weighted by Gasteiger charge is -2.17. The molecule has 2 aromatic heterocycles. The van der Waals surface area contributed by atoms with E-state index >= 15 is 0 Å². The summed E-state index contributed by atoms with van der Waals surface area (Å²) in [5.74, 6) is -0.975. The summed E-state index contributed by atoms with van der Waals surface area (Å²) >= 11 is 1.59. The number of aromatic nitrogens is 2. The molecule has 2 aromatic carbocycles. The average Bonchev–Trinajstić information content (AvgIpc) is 3.44. The number of thiazole rings is 1. The van der Waals surface area contributed by atoms with E-state index in [2.05, 4.69) is 11.1 Å². The summed E-state index contributed by atoms with van der Waals surface area (Å²) in [7, 11) is 0. The van der Waals surface area contributed by atoms with E-state index in [1.165, 1.54) is 22.8 Å². The Morgan fingerprint density at radius 3 is 2.87 bits per heavy atom. The summed E-state index contributed by atoms with van der Waals surface area (Å²) in [5.41, 5.74) is 4.04. The molecule has 4 aromatic rings. The third-order valence-corrected chi connectivity index (χ3v) is 6.12. The average molecular weight is 436 g/mol. The first-order chi connectivity index (χ1) is 14.9. The van der Waals surface area contributed by atoms with Crippen LogP contribution in [0.4, 0.5) is 11.4 Å². The molecular formula is C21H16N4O5S. The molecule has 1 aliphatic heterocycles. The molecule has 0 fully saturated rings. The molecular weight excluding hydrogens is 420 g/mol. The number of fused-ring (bicyclic) bond motifs is 2. The Bertz CT molecular complexity index is 1420. The van der Waals surface area contributed by atoms with Crippen LogP contribution in [0.3, 0.4) is 0 Å². The number of carbonyl (C=O) groups excluding carboxylic acids is 1. The van der Waals surface area contributed by atoms with Crippen molar-refractivity contribution in [3.05, 3.63) is 73.0 Å². The Morgan fingerprint density at radius 2 is 2.13 bits per heavy atom. The summed E-state index contributed by atoms with van der Waals surface area (Å²) < 4.78 is 6.32. The number of nitrogens with zero attached hydrogens (tertiary/aromatic N) is 4. The van der Waals surface area contributed by atoms with Gasteiger partial charge in [0.1, 0.15) is 6.54 Å². The standard InChI is InChI=1S/C21H16N4O5S/c1-12-22-16(11-31-12)13-2-4-17-14(8-13)6-7-23(17)20(26)10-24-18-5-3-15(25(28)29)9-19(18)30-21(24)27/h2-5,8-9,11H,6-7,10H2,1H3. The van der Waals surface area contributed by atoms with E-state index in [1.54, 1.807) is 16.2 Å². The van der Waals surface area contributed by atoms with Crippen molar-refractivity contribution in [3.8, 4) is 11.3 Å². The quantitative estimate of drug-likeness (QED) is 0.357. The van der Waals surface area contributed by atoms with Crippen LogP contribution in [-0.4, -0.2) is 26.9 Å². The Labute approximate surface area is 179 Å².